The monoisotopic (exact) mass is 299 g/mol. The Morgan fingerprint density at radius 1 is 0.950 bits per heavy atom. The van der Waals surface area contributed by atoms with Crippen LogP contribution in [-0.4, -0.2) is 6.43 Å². The SMILES string of the molecule is Cl.N[C@H](c1ccc(OCc2ccccc2)cc1)C(F)F. The minimum Gasteiger partial charge on any atom is -0.489 e. The highest BCUT2D eigenvalue weighted by molar-refractivity contribution is 5.85. The third-order valence-corrected chi connectivity index (χ3v) is 2.78. The Morgan fingerprint density at radius 2 is 1.55 bits per heavy atom. The number of halogens is 3. The Balaban J connectivity index is 0.00000200. The van der Waals surface area contributed by atoms with Crippen LogP contribution in [0.25, 0.3) is 0 Å². The topological polar surface area (TPSA) is 35.2 Å². The summed E-state index contributed by atoms with van der Waals surface area (Å²) in [5.74, 6) is 0.633. The molecular weight excluding hydrogens is 284 g/mol. The van der Waals surface area contributed by atoms with Crippen molar-refractivity contribution in [2.24, 2.45) is 5.73 Å². The zero-order valence-electron chi connectivity index (χ0n) is 10.7. The molecule has 0 heterocycles. The fraction of sp³-hybridized carbons (Fsp3) is 0.200. The van der Waals surface area contributed by atoms with Gasteiger partial charge in [-0.1, -0.05) is 42.5 Å². The maximum absolute atomic E-state index is 12.4. The molecule has 2 nitrogen and oxygen atoms in total. The average Bonchev–Trinajstić information content (AvgIpc) is 2.46. The Hall–Kier alpha value is -1.65. The molecule has 0 aromatic heterocycles. The van der Waals surface area contributed by atoms with Gasteiger partial charge in [0.05, 0.1) is 6.04 Å². The van der Waals surface area contributed by atoms with Gasteiger partial charge in [-0.3, -0.25) is 0 Å². The maximum Gasteiger partial charge on any atom is 0.257 e. The van der Waals surface area contributed by atoms with Gasteiger partial charge in [0.2, 0.25) is 0 Å². The van der Waals surface area contributed by atoms with Gasteiger partial charge in [0, 0.05) is 0 Å². The van der Waals surface area contributed by atoms with Crippen molar-refractivity contribution in [3.8, 4) is 5.75 Å². The summed E-state index contributed by atoms with van der Waals surface area (Å²) in [6.45, 7) is 0.446. The summed E-state index contributed by atoms with van der Waals surface area (Å²) in [6, 6.07) is 14.9. The molecule has 0 saturated carbocycles. The second-order valence-electron chi connectivity index (χ2n) is 4.20. The second-order valence-corrected chi connectivity index (χ2v) is 4.20. The molecule has 0 bridgehead atoms. The third-order valence-electron chi connectivity index (χ3n) is 2.78. The van der Waals surface area contributed by atoms with Crippen molar-refractivity contribution in [3.63, 3.8) is 0 Å². The molecule has 0 aliphatic rings. The van der Waals surface area contributed by atoms with E-state index in [-0.39, 0.29) is 12.4 Å². The van der Waals surface area contributed by atoms with E-state index < -0.39 is 12.5 Å². The highest BCUT2D eigenvalue weighted by Crippen LogP contribution is 2.21. The maximum atomic E-state index is 12.4. The van der Waals surface area contributed by atoms with E-state index in [9.17, 15) is 8.78 Å². The molecule has 0 spiro atoms. The zero-order chi connectivity index (χ0) is 13.7. The fourth-order valence-corrected chi connectivity index (χ4v) is 1.67. The minimum atomic E-state index is -2.56. The number of ether oxygens (including phenoxy) is 1. The first-order chi connectivity index (χ1) is 9.16. The van der Waals surface area contributed by atoms with Gasteiger partial charge in [-0.25, -0.2) is 8.78 Å². The van der Waals surface area contributed by atoms with Crippen molar-refractivity contribution >= 4 is 12.4 Å². The van der Waals surface area contributed by atoms with Gasteiger partial charge < -0.3 is 10.5 Å². The molecule has 2 N–H and O–H groups in total. The van der Waals surface area contributed by atoms with Gasteiger partial charge in [0.1, 0.15) is 12.4 Å². The van der Waals surface area contributed by atoms with Gasteiger partial charge in [0.25, 0.3) is 6.43 Å². The van der Waals surface area contributed by atoms with E-state index in [4.69, 9.17) is 10.5 Å². The van der Waals surface area contributed by atoms with Crippen LogP contribution in [0.4, 0.5) is 8.78 Å². The minimum absolute atomic E-state index is 0. The van der Waals surface area contributed by atoms with Crippen molar-refractivity contribution in [3.05, 3.63) is 65.7 Å². The molecular formula is C15H16ClF2NO. The Morgan fingerprint density at radius 3 is 2.10 bits per heavy atom. The molecule has 5 heteroatoms. The lowest BCUT2D eigenvalue weighted by Gasteiger charge is -2.12. The van der Waals surface area contributed by atoms with E-state index in [1.54, 1.807) is 24.3 Å². The van der Waals surface area contributed by atoms with Crippen molar-refractivity contribution in [2.45, 2.75) is 19.1 Å². The lowest BCUT2D eigenvalue weighted by atomic mass is 10.1. The highest BCUT2D eigenvalue weighted by atomic mass is 35.5. The summed E-state index contributed by atoms with van der Waals surface area (Å²) in [7, 11) is 0. The van der Waals surface area contributed by atoms with Gasteiger partial charge in [0.15, 0.2) is 0 Å². The van der Waals surface area contributed by atoms with Crippen LogP contribution in [0.1, 0.15) is 17.2 Å². The van der Waals surface area contributed by atoms with E-state index in [0.717, 1.165) is 5.56 Å². The van der Waals surface area contributed by atoms with Crippen LogP contribution >= 0.6 is 12.4 Å². The quantitative estimate of drug-likeness (QED) is 0.907. The highest BCUT2D eigenvalue weighted by Gasteiger charge is 2.16. The van der Waals surface area contributed by atoms with Crippen LogP contribution in [0.5, 0.6) is 5.75 Å². The largest absolute Gasteiger partial charge is 0.489 e. The summed E-state index contributed by atoms with van der Waals surface area (Å²) in [5, 5.41) is 0. The van der Waals surface area contributed by atoms with Gasteiger partial charge in [-0.05, 0) is 23.3 Å². The number of rotatable bonds is 5. The molecule has 0 fully saturated rings. The lowest BCUT2D eigenvalue weighted by Crippen LogP contribution is -2.18. The third kappa shape index (κ3) is 4.47. The molecule has 2 aromatic carbocycles. The molecule has 0 aliphatic carbocycles. The first-order valence-electron chi connectivity index (χ1n) is 5.97. The number of hydrogen-bond donors (Lipinski definition) is 1. The average molecular weight is 300 g/mol. The molecule has 108 valence electrons. The first-order valence-corrected chi connectivity index (χ1v) is 5.97. The summed E-state index contributed by atoms with van der Waals surface area (Å²) in [5.41, 5.74) is 6.82. The van der Waals surface area contributed by atoms with Gasteiger partial charge in [-0.15, -0.1) is 12.4 Å². The van der Waals surface area contributed by atoms with E-state index in [1.807, 2.05) is 30.3 Å². The molecule has 20 heavy (non-hydrogen) atoms. The van der Waals surface area contributed by atoms with Crippen LogP contribution in [0.15, 0.2) is 54.6 Å². The second kappa shape index (κ2) is 7.82. The summed E-state index contributed by atoms with van der Waals surface area (Å²) in [6.07, 6.45) is -2.56. The Labute approximate surface area is 123 Å². The number of benzene rings is 2. The molecule has 0 saturated heterocycles. The normalized spacial score (nSPS) is 11.8. The van der Waals surface area contributed by atoms with Crippen molar-refractivity contribution in [1.29, 1.82) is 0 Å². The smallest absolute Gasteiger partial charge is 0.257 e. The van der Waals surface area contributed by atoms with Crippen LogP contribution in [0, 0.1) is 0 Å². The summed E-state index contributed by atoms with van der Waals surface area (Å²) >= 11 is 0. The zero-order valence-corrected chi connectivity index (χ0v) is 11.5. The molecule has 0 radical (unpaired) electrons. The molecule has 2 aromatic rings. The molecule has 0 aliphatic heterocycles. The lowest BCUT2D eigenvalue weighted by molar-refractivity contribution is 0.116. The summed E-state index contributed by atoms with van der Waals surface area (Å²) in [4.78, 5) is 0. The van der Waals surface area contributed by atoms with E-state index in [1.165, 1.54) is 0 Å². The number of hydrogen-bond acceptors (Lipinski definition) is 2. The van der Waals surface area contributed by atoms with Crippen molar-refractivity contribution in [1.82, 2.24) is 0 Å². The Kier molecular flexibility index (Phi) is 6.42. The summed E-state index contributed by atoms with van der Waals surface area (Å²) < 4.78 is 30.4. The molecule has 0 amide bonds. The van der Waals surface area contributed by atoms with Crippen LogP contribution < -0.4 is 10.5 Å². The van der Waals surface area contributed by atoms with Crippen LogP contribution in [-0.2, 0) is 6.61 Å². The Bertz CT molecular complexity index is 505. The molecule has 1 atom stereocenters. The van der Waals surface area contributed by atoms with Crippen molar-refractivity contribution < 1.29 is 13.5 Å². The standard InChI is InChI=1S/C15H15F2NO.ClH/c16-15(17)14(18)12-6-8-13(9-7-12)19-10-11-4-2-1-3-5-11;/h1-9,14-15H,10,18H2;1H/t14-;/m1./s1. The van der Waals surface area contributed by atoms with E-state index >= 15 is 0 Å². The van der Waals surface area contributed by atoms with Gasteiger partial charge in [-0.2, -0.15) is 0 Å². The van der Waals surface area contributed by atoms with E-state index in [0.29, 0.717) is 17.9 Å². The predicted molar refractivity (Wildman–Crippen MR) is 77.4 cm³/mol. The molecule has 0 unspecified atom stereocenters. The van der Waals surface area contributed by atoms with Crippen LogP contribution in [0.2, 0.25) is 0 Å². The predicted octanol–water partition coefficient (Wildman–Crippen LogP) is 3.95. The number of nitrogens with two attached hydrogens (primary N) is 1. The van der Waals surface area contributed by atoms with Gasteiger partial charge >= 0.3 is 0 Å². The van der Waals surface area contributed by atoms with E-state index in [2.05, 4.69) is 0 Å². The first kappa shape index (κ1) is 16.4. The fourth-order valence-electron chi connectivity index (χ4n) is 1.67. The van der Waals surface area contributed by atoms with Crippen LogP contribution in [0.3, 0.4) is 0 Å². The number of alkyl halides is 2. The molecule has 2 rings (SSSR count). The van der Waals surface area contributed by atoms with Crippen molar-refractivity contribution in [2.75, 3.05) is 0 Å².